The molecule has 0 N–H and O–H groups in total. The Balaban J connectivity index is 0.000000605. The highest BCUT2D eigenvalue weighted by atomic mass is 28.1. The minimum atomic E-state index is 0. The summed E-state index contributed by atoms with van der Waals surface area (Å²) < 4.78 is 5.34. The maximum atomic E-state index is 5.34. The summed E-state index contributed by atoms with van der Waals surface area (Å²) in [7, 11) is 0. The van der Waals surface area contributed by atoms with Gasteiger partial charge in [-0.15, -0.1) is 0 Å². The third-order valence-corrected chi connectivity index (χ3v) is 1.55. The number of para-hydroxylation sites is 1. The van der Waals surface area contributed by atoms with Gasteiger partial charge in [0.25, 0.3) is 0 Å². The Bertz CT molecular complexity index is 273. The van der Waals surface area contributed by atoms with Crippen molar-refractivity contribution < 1.29 is 4.74 Å². The second-order valence-electron chi connectivity index (χ2n) is 2.25. The monoisotopic (exact) mass is 174 g/mol. The zero-order chi connectivity index (χ0) is 6.81. The molecule has 59 valence electrons. The maximum absolute atomic E-state index is 5.34. The molecule has 0 atom stereocenters. The van der Waals surface area contributed by atoms with Gasteiger partial charge < -0.3 is 4.74 Å². The lowest BCUT2D eigenvalue weighted by molar-refractivity contribution is 0.358. The summed E-state index contributed by atoms with van der Waals surface area (Å²) in [6.07, 6.45) is 4.10. The fourth-order valence-electron chi connectivity index (χ4n) is 1.06. The molecular weight excluding hydrogens is 166 g/mol. The Morgan fingerprint density at radius 2 is 1.92 bits per heavy atom. The molecule has 0 fully saturated rings. The van der Waals surface area contributed by atoms with E-state index < -0.39 is 0 Å². The predicted octanol–water partition coefficient (Wildman–Crippen LogP) is 1.23. The van der Waals surface area contributed by atoms with Crippen molar-refractivity contribution in [2.24, 2.45) is 0 Å². The minimum absolute atomic E-state index is 0. The van der Waals surface area contributed by atoms with E-state index in [-0.39, 0.29) is 17.1 Å². The lowest BCUT2D eigenvalue weighted by Gasteiger charge is -2.10. The van der Waals surface area contributed by atoms with Gasteiger partial charge in [-0.25, -0.2) is 0 Å². The predicted molar refractivity (Wildman–Crippen MR) is 48.9 cm³/mol. The van der Waals surface area contributed by atoms with Crippen LogP contribution in [-0.2, 0) is 0 Å². The minimum Gasteiger partial charge on any atom is -0.489 e. The van der Waals surface area contributed by atoms with E-state index in [1.807, 2.05) is 30.3 Å². The third kappa shape index (κ3) is 1.96. The number of hydrogen-bond donors (Lipinski definition) is 0. The molecule has 2 nitrogen and oxygen atoms in total. The largest absolute Gasteiger partial charge is 0.489 e. The van der Waals surface area contributed by atoms with Crippen LogP contribution in [0.3, 0.4) is 0 Å². The molecule has 0 spiro atoms. The van der Waals surface area contributed by atoms with Crippen molar-refractivity contribution in [3.8, 4) is 5.75 Å². The first-order chi connectivity index (χ1) is 4.97. The highest BCUT2D eigenvalue weighted by Gasteiger charge is 2.01. The number of fused-ring (bicyclic) bond motifs is 1. The van der Waals surface area contributed by atoms with E-state index >= 15 is 0 Å². The quantitative estimate of drug-likeness (QED) is 0.545. The van der Waals surface area contributed by atoms with Crippen LogP contribution in [0.5, 0.6) is 5.75 Å². The summed E-state index contributed by atoms with van der Waals surface area (Å²) in [5, 5.41) is 0. The van der Waals surface area contributed by atoms with Crippen molar-refractivity contribution in [2.45, 2.75) is 0 Å². The fourth-order valence-corrected chi connectivity index (χ4v) is 1.06. The molecule has 2 rings (SSSR count). The molecule has 0 bridgehead atoms. The van der Waals surface area contributed by atoms with E-state index in [4.69, 9.17) is 4.74 Å². The molecule has 0 aromatic heterocycles. The van der Waals surface area contributed by atoms with Crippen molar-refractivity contribution >= 4 is 17.0 Å². The smallest absolute Gasteiger partial charge is 0.126 e. The molecule has 1 aromatic rings. The molecule has 1 aromatic carbocycles. The Kier molecular flexibility index (Phi) is 4.32. The Morgan fingerprint density at radius 3 is 2.67 bits per heavy atom. The van der Waals surface area contributed by atoms with Gasteiger partial charge in [-0.2, -0.15) is 0 Å². The van der Waals surface area contributed by atoms with Crippen LogP contribution in [0.2, 0.25) is 0 Å². The molecule has 0 amide bonds. The van der Waals surface area contributed by atoms with Crippen molar-refractivity contribution in [3.05, 3.63) is 35.9 Å². The number of ether oxygens (including phenoxy) is 1. The Labute approximate surface area is 76.9 Å². The molecule has 0 unspecified atom stereocenters. The van der Waals surface area contributed by atoms with Crippen LogP contribution in [-0.4, -0.2) is 17.6 Å². The van der Waals surface area contributed by atoms with E-state index in [0.717, 1.165) is 5.75 Å². The van der Waals surface area contributed by atoms with Gasteiger partial charge in [-0.05, 0) is 12.1 Å². The SMILES string of the molecule is C1=Cc2ccccc2OC1.[N].[Si]. The van der Waals surface area contributed by atoms with Gasteiger partial charge in [0, 0.05) is 22.7 Å². The third-order valence-electron chi connectivity index (χ3n) is 1.55. The molecular formula is C9H8NOSi. The van der Waals surface area contributed by atoms with Crippen LogP contribution < -0.4 is 10.9 Å². The molecule has 12 heavy (non-hydrogen) atoms. The Morgan fingerprint density at radius 1 is 1.17 bits per heavy atom. The highest BCUT2D eigenvalue weighted by Crippen LogP contribution is 2.21. The molecule has 1 aliphatic heterocycles. The molecule has 0 aliphatic carbocycles. The molecule has 3 heteroatoms. The average Bonchev–Trinajstić information content (AvgIpc) is 2.05. The number of rotatable bonds is 0. The van der Waals surface area contributed by atoms with Crippen molar-refractivity contribution in [1.29, 1.82) is 0 Å². The number of benzene rings is 1. The normalized spacial score (nSPS) is 11.7. The first-order valence-corrected chi connectivity index (χ1v) is 3.35. The van der Waals surface area contributed by atoms with Gasteiger partial charge in [0.15, 0.2) is 0 Å². The van der Waals surface area contributed by atoms with Crippen LogP contribution >= 0.6 is 0 Å². The first-order valence-electron chi connectivity index (χ1n) is 3.35. The maximum Gasteiger partial charge on any atom is 0.126 e. The van der Waals surface area contributed by atoms with Crippen LogP contribution in [0.15, 0.2) is 30.3 Å². The highest BCUT2D eigenvalue weighted by molar-refractivity contribution is 5.75. The van der Waals surface area contributed by atoms with Crippen LogP contribution in [0.25, 0.3) is 6.08 Å². The van der Waals surface area contributed by atoms with Gasteiger partial charge in [0.05, 0.1) is 0 Å². The number of nitrogens with zero attached hydrogens (tertiary/aromatic N) is 1. The van der Waals surface area contributed by atoms with Gasteiger partial charge in [-0.1, -0.05) is 24.3 Å². The van der Waals surface area contributed by atoms with Gasteiger partial charge in [0.1, 0.15) is 12.4 Å². The van der Waals surface area contributed by atoms with Gasteiger partial charge >= 0.3 is 0 Å². The van der Waals surface area contributed by atoms with Gasteiger partial charge in [-0.3, -0.25) is 0 Å². The molecule has 1 heterocycles. The van der Waals surface area contributed by atoms with Crippen molar-refractivity contribution in [3.63, 3.8) is 0 Å². The second-order valence-corrected chi connectivity index (χ2v) is 2.25. The number of hydrogen-bond acceptors (Lipinski definition) is 1. The van der Waals surface area contributed by atoms with E-state index in [0.29, 0.717) is 6.61 Å². The molecule has 1 aliphatic rings. The Hall–Kier alpha value is -1.06. The van der Waals surface area contributed by atoms with Gasteiger partial charge in [0.2, 0.25) is 0 Å². The topological polar surface area (TPSA) is 39.7 Å². The molecule has 0 saturated heterocycles. The van der Waals surface area contributed by atoms with E-state index in [1.54, 1.807) is 0 Å². The fraction of sp³-hybridized carbons (Fsp3) is 0.111. The van der Waals surface area contributed by atoms with Crippen molar-refractivity contribution in [2.75, 3.05) is 6.61 Å². The lowest BCUT2D eigenvalue weighted by Crippen LogP contribution is -1.98. The summed E-state index contributed by atoms with van der Waals surface area (Å²) in [4.78, 5) is 0. The second kappa shape index (κ2) is 4.74. The zero-order valence-corrected chi connectivity index (χ0v) is 7.53. The summed E-state index contributed by atoms with van der Waals surface area (Å²) >= 11 is 0. The lowest BCUT2D eigenvalue weighted by atomic mass is 10.1. The molecule has 0 saturated carbocycles. The van der Waals surface area contributed by atoms with Crippen LogP contribution in [0.1, 0.15) is 5.56 Å². The van der Waals surface area contributed by atoms with E-state index in [9.17, 15) is 0 Å². The summed E-state index contributed by atoms with van der Waals surface area (Å²) in [5.41, 5.74) is 1.17. The van der Waals surface area contributed by atoms with E-state index in [2.05, 4.69) is 6.08 Å². The van der Waals surface area contributed by atoms with Crippen LogP contribution in [0, 0.1) is 0 Å². The molecule has 7 radical (unpaired) electrons. The van der Waals surface area contributed by atoms with Crippen molar-refractivity contribution in [1.82, 2.24) is 6.15 Å². The standard InChI is InChI=1S/C9H8O.N.Si/c1-2-6-9-8(4-1)5-3-7-10-9;;/h1-6H,7H2;;. The zero-order valence-electron chi connectivity index (χ0n) is 6.53. The van der Waals surface area contributed by atoms with Crippen LogP contribution in [0.4, 0.5) is 0 Å². The first kappa shape index (κ1) is 10.9. The summed E-state index contributed by atoms with van der Waals surface area (Å²) in [6.45, 7) is 0.705. The average molecular weight is 174 g/mol. The van der Waals surface area contributed by atoms with E-state index in [1.165, 1.54) is 5.56 Å². The summed E-state index contributed by atoms with van der Waals surface area (Å²) in [5.74, 6) is 0.991. The summed E-state index contributed by atoms with van der Waals surface area (Å²) in [6, 6.07) is 8.03.